The van der Waals surface area contributed by atoms with Gasteiger partial charge in [-0.05, 0) is 24.3 Å². The number of nitrogens with zero attached hydrogens (tertiary/aromatic N) is 4. The first kappa shape index (κ1) is 26.9. The summed E-state index contributed by atoms with van der Waals surface area (Å²) in [6.07, 6.45) is 0. The van der Waals surface area contributed by atoms with Gasteiger partial charge in [0, 0.05) is 48.3 Å². The summed E-state index contributed by atoms with van der Waals surface area (Å²) in [5.74, 6) is 1.74. The summed E-state index contributed by atoms with van der Waals surface area (Å²) in [6.45, 7) is 0. The van der Waals surface area contributed by atoms with E-state index in [2.05, 4.69) is 84.9 Å². The van der Waals surface area contributed by atoms with Crippen LogP contribution >= 0.6 is 11.3 Å². The Hall–Kier alpha value is -6.24. The normalized spacial score (nSPS) is 11.8. The summed E-state index contributed by atoms with van der Waals surface area (Å²) < 4.78 is 8.85. The quantitative estimate of drug-likeness (QED) is 0.193. The van der Waals surface area contributed by atoms with Crippen molar-refractivity contribution in [3.05, 3.63) is 146 Å². The highest BCUT2D eigenvalue weighted by Gasteiger charge is 2.19. The van der Waals surface area contributed by atoms with Crippen LogP contribution in [0.5, 0.6) is 0 Å². The van der Waals surface area contributed by atoms with Crippen molar-refractivity contribution in [2.45, 2.75) is 0 Å². The Bertz CT molecular complexity index is 2860. The average molecular weight is 633 g/mol. The Balaban J connectivity index is 1.19. The largest absolute Gasteiger partial charge is 0.455 e. The third-order valence-corrected chi connectivity index (χ3v) is 10.1. The Morgan fingerprint density at radius 2 is 1.06 bits per heavy atom. The van der Waals surface area contributed by atoms with E-state index in [9.17, 15) is 0 Å². The number of rotatable bonds is 4. The lowest BCUT2D eigenvalue weighted by molar-refractivity contribution is 0.669. The van der Waals surface area contributed by atoms with Crippen molar-refractivity contribution in [2.24, 2.45) is 0 Å². The lowest BCUT2D eigenvalue weighted by atomic mass is 10.0. The van der Waals surface area contributed by atoms with E-state index < -0.39 is 0 Å². The first-order valence-electron chi connectivity index (χ1n) is 15.8. The second kappa shape index (κ2) is 10.7. The van der Waals surface area contributed by atoms with Crippen LogP contribution in [0.3, 0.4) is 0 Å². The van der Waals surface area contributed by atoms with Crippen LogP contribution in [0.15, 0.2) is 150 Å². The summed E-state index contributed by atoms with van der Waals surface area (Å²) in [5, 5.41) is 5.59. The number of thiophene rings is 1. The molecule has 6 aromatic carbocycles. The number of furan rings is 1. The van der Waals surface area contributed by atoms with Crippen molar-refractivity contribution >= 4 is 64.4 Å². The van der Waals surface area contributed by atoms with Gasteiger partial charge in [0.15, 0.2) is 17.5 Å². The van der Waals surface area contributed by atoms with Gasteiger partial charge in [0.1, 0.15) is 11.2 Å². The van der Waals surface area contributed by atoms with Gasteiger partial charge in [-0.1, -0.05) is 121 Å². The summed E-state index contributed by atoms with van der Waals surface area (Å²) in [7, 11) is 0. The van der Waals surface area contributed by atoms with Crippen molar-refractivity contribution < 1.29 is 4.42 Å². The number of hydrogen-bond donors (Lipinski definition) is 0. The second-order valence-electron chi connectivity index (χ2n) is 11.8. The molecule has 10 aromatic rings. The molecule has 48 heavy (non-hydrogen) atoms. The fraction of sp³-hybridized carbons (Fsp3) is 0. The van der Waals surface area contributed by atoms with Crippen LogP contribution in [0.4, 0.5) is 0 Å². The zero-order valence-electron chi connectivity index (χ0n) is 25.5. The third-order valence-electron chi connectivity index (χ3n) is 8.93. The van der Waals surface area contributed by atoms with Gasteiger partial charge in [-0.15, -0.1) is 11.3 Å². The molecule has 0 atom stereocenters. The molecule has 4 aromatic heterocycles. The molecule has 0 aliphatic carbocycles. The molecule has 10 rings (SSSR count). The average Bonchev–Trinajstić information content (AvgIpc) is 3.73. The van der Waals surface area contributed by atoms with E-state index in [1.54, 1.807) is 11.3 Å². The number of aromatic nitrogens is 4. The van der Waals surface area contributed by atoms with E-state index in [4.69, 9.17) is 24.4 Å². The van der Waals surface area contributed by atoms with E-state index >= 15 is 0 Å². The van der Waals surface area contributed by atoms with Crippen LogP contribution in [0.1, 0.15) is 0 Å². The molecule has 0 saturated heterocycles. The van der Waals surface area contributed by atoms with E-state index in [0.29, 0.717) is 17.5 Å². The van der Waals surface area contributed by atoms with Gasteiger partial charge >= 0.3 is 0 Å². The zero-order valence-corrected chi connectivity index (χ0v) is 26.3. The second-order valence-corrected chi connectivity index (χ2v) is 12.9. The molecule has 0 spiro atoms. The molecule has 5 nitrogen and oxygen atoms in total. The molecule has 224 valence electrons. The number of benzene rings is 6. The highest BCUT2D eigenvalue weighted by atomic mass is 32.1. The van der Waals surface area contributed by atoms with E-state index in [1.807, 2.05) is 60.7 Å². The predicted molar refractivity (Wildman–Crippen MR) is 197 cm³/mol. The van der Waals surface area contributed by atoms with Crippen molar-refractivity contribution in [3.8, 4) is 45.4 Å². The molecule has 0 fully saturated rings. The molecule has 6 heteroatoms. The van der Waals surface area contributed by atoms with Gasteiger partial charge in [-0.3, -0.25) is 0 Å². The van der Waals surface area contributed by atoms with Crippen LogP contribution in [-0.4, -0.2) is 19.9 Å². The highest BCUT2D eigenvalue weighted by molar-refractivity contribution is 7.26. The van der Waals surface area contributed by atoms with Crippen molar-refractivity contribution in [1.82, 2.24) is 19.9 Å². The maximum absolute atomic E-state index is 6.40. The lowest BCUT2D eigenvalue weighted by Crippen LogP contribution is -2.00. The minimum absolute atomic E-state index is 0.559. The van der Waals surface area contributed by atoms with Crippen LogP contribution in [0.25, 0.3) is 98.4 Å². The Labute approximate surface area is 278 Å². The minimum atomic E-state index is 0.559. The number of hydrogen-bond acceptors (Lipinski definition) is 6. The molecular weight excluding hydrogens is 609 g/mol. The Morgan fingerprint density at radius 3 is 1.94 bits per heavy atom. The molecule has 0 amide bonds. The van der Waals surface area contributed by atoms with Gasteiger partial charge in [0.05, 0.1) is 21.5 Å². The fourth-order valence-electron chi connectivity index (χ4n) is 6.68. The van der Waals surface area contributed by atoms with Gasteiger partial charge in [-0.25, -0.2) is 19.9 Å². The predicted octanol–water partition coefficient (Wildman–Crippen LogP) is 11.4. The SMILES string of the molecule is c1ccc(-c2nc(-c3cccc(-c4nc5c6ccccc6sc5c5ccccc45)c3)nc(-c3cccc4c3oc3ccccc34)n2)cc1. The Kier molecular flexibility index (Phi) is 5.98. The van der Waals surface area contributed by atoms with Crippen LogP contribution in [-0.2, 0) is 0 Å². The monoisotopic (exact) mass is 632 g/mol. The first-order chi connectivity index (χ1) is 23.8. The maximum atomic E-state index is 6.40. The molecule has 0 radical (unpaired) electrons. The van der Waals surface area contributed by atoms with E-state index in [1.165, 1.54) is 20.2 Å². The lowest BCUT2D eigenvalue weighted by Gasteiger charge is -2.11. The summed E-state index contributed by atoms with van der Waals surface area (Å²) in [6, 6.07) is 49.7. The van der Waals surface area contributed by atoms with Gasteiger partial charge in [0.25, 0.3) is 0 Å². The van der Waals surface area contributed by atoms with Crippen molar-refractivity contribution in [3.63, 3.8) is 0 Å². The summed E-state index contributed by atoms with van der Waals surface area (Å²) in [4.78, 5) is 20.5. The van der Waals surface area contributed by atoms with Crippen molar-refractivity contribution in [1.29, 1.82) is 0 Å². The zero-order chi connectivity index (χ0) is 31.6. The van der Waals surface area contributed by atoms with Crippen LogP contribution < -0.4 is 0 Å². The first-order valence-corrected chi connectivity index (χ1v) is 16.6. The minimum Gasteiger partial charge on any atom is -0.455 e. The summed E-state index contributed by atoms with van der Waals surface area (Å²) >= 11 is 1.80. The Morgan fingerprint density at radius 1 is 0.438 bits per heavy atom. The maximum Gasteiger partial charge on any atom is 0.167 e. The standard InChI is InChI=1S/C42H24N4OS/c1-2-12-25(13-3-1)40-44-41(46-42(45-40)33-21-11-20-30-28-16-6-8-22-34(28)47-38(30)33)27-15-10-14-26(24-27)36-29-17-4-5-18-31(29)39-37(43-36)32-19-7-9-23-35(32)48-39/h1-24H. The molecule has 0 aliphatic rings. The molecule has 0 N–H and O–H groups in total. The molecule has 0 unspecified atom stereocenters. The smallest absolute Gasteiger partial charge is 0.167 e. The fourth-order valence-corrected chi connectivity index (χ4v) is 7.86. The third kappa shape index (κ3) is 4.24. The molecule has 0 saturated carbocycles. The topological polar surface area (TPSA) is 64.7 Å². The van der Waals surface area contributed by atoms with Crippen LogP contribution in [0.2, 0.25) is 0 Å². The molecule has 0 bridgehead atoms. The van der Waals surface area contributed by atoms with Gasteiger partial charge in [-0.2, -0.15) is 0 Å². The molecule has 0 aliphatic heterocycles. The van der Waals surface area contributed by atoms with Gasteiger partial charge < -0.3 is 4.42 Å². The number of para-hydroxylation sites is 2. The van der Waals surface area contributed by atoms with Crippen molar-refractivity contribution in [2.75, 3.05) is 0 Å². The molecular formula is C42H24N4OS. The highest BCUT2D eigenvalue weighted by Crippen LogP contribution is 2.41. The van der Waals surface area contributed by atoms with Crippen LogP contribution in [0, 0.1) is 0 Å². The number of fused-ring (bicyclic) bond motifs is 8. The van der Waals surface area contributed by atoms with E-state index in [0.717, 1.165) is 60.8 Å². The van der Waals surface area contributed by atoms with E-state index in [-0.39, 0.29) is 0 Å². The number of pyridine rings is 1. The molecule has 4 heterocycles. The van der Waals surface area contributed by atoms with Gasteiger partial charge in [0.2, 0.25) is 0 Å². The summed E-state index contributed by atoms with van der Waals surface area (Å²) in [5.41, 5.74) is 7.18.